The molecule has 1 unspecified atom stereocenters. The monoisotopic (exact) mass is 552 g/mol. The van der Waals surface area contributed by atoms with Gasteiger partial charge in [-0.25, -0.2) is 10.2 Å². The molecule has 0 aliphatic carbocycles. The number of allylic oxidation sites excluding steroid dienone is 1. The van der Waals surface area contributed by atoms with Crippen molar-refractivity contribution in [3.8, 4) is 5.75 Å². The van der Waals surface area contributed by atoms with E-state index in [2.05, 4.69) is 36.4 Å². The molecular formula is C25H25BrN6O4. The summed E-state index contributed by atoms with van der Waals surface area (Å²) in [6.07, 6.45) is 2.44. The molecule has 4 rings (SSSR count). The minimum absolute atomic E-state index is 0.0116. The van der Waals surface area contributed by atoms with E-state index >= 15 is 0 Å². The average molecular weight is 553 g/mol. The number of para-hydroxylation sites is 1. The number of hydrogen-bond acceptors (Lipinski definition) is 7. The predicted octanol–water partition coefficient (Wildman–Crippen LogP) is 3.01. The first-order chi connectivity index (χ1) is 17.3. The van der Waals surface area contributed by atoms with Crippen LogP contribution in [-0.2, 0) is 13.6 Å². The standard InChI is InChI=1S/C25H25BrN6O4/c1-16-8-6-7-11-20(16)36-15-19(33)14-32-21-22(31(2)25(35)29-23(21)34)28-24(32)30-27-13-18(26)12-17-9-4-3-5-10-17/h3-13,19,33H,14-15H2,1-2H3,(H,28,30)(H,29,34,35)/b18-12-,27-13+. The number of fused-ring (bicyclic) bond motifs is 1. The van der Waals surface area contributed by atoms with Gasteiger partial charge < -0.3 is 14.4 Å². The zero-order valence-corrected chi connectivity index (χ0v) is 21.3. The summed E-state index contributed by atoms with van der Waals surface area (Å²) in [5.74, 6) is 0.841. The molecule has 1 atom stereocenters. The molecule has 2 aromatic heterocycles. The van der Waals surface area contributed by atoms with Crippen LogP contribution in [0, 0.1) is 6.92 Å². The summed E-state index contributed by atoms with van der Waals surface area (Å²) in [7, 11) is 1.50. The van der Waals surface area contributed by atoms with Gasteiger partial charge in [-0.2, -0.15) is 10.1 Å². The average Bonchev–Trinajstić information content (AvgIpc) is 3.21. The van der Waals surface area contributed by atoms with Crippen molar-refractivity contribution < 1.29 is 9.84 Å². The van der Waals surface area contributed by atoms with Gasteiger partial charge >= 0.3 is 5.69 Å². The van der Waals surface area contributed by atoms with Crippen molar-refractivity contribution >= 4 is 45.3 Å². The Morgan fingerprint density at radius 3 is 2.69 bits per heavy atom. The Morgan fingerprint density at radius 2 is 1.94 bits per heavy atom. The molecule has 10 nitrogen and oxygen atoms in total. The first-order valence-electron chi connectivity index (χ1n) is 11.1. The fourth-order valence-electron chi connectivity index (χ4n) is 3.56. The summed E-state index contributed by atoms with van der Waals surface area (Å²) in [6.45, 7) is 1.88. The molecule has 2 aromatic carbocycles. The number of H-pyrrole nitrogens is 1. The van der Waals surface area contributed by atoms with Crippen molar-refractivity contribution in [1.29, 1.82) is 0 Å². The van der Waals surface area contributed by atoms with Gasteiger partial charge in [-0.15, -0.1) is 0 Å². The van der Waals surface area contributed by atoms with E-state index in [9.17, 15) is 14.7 Å². The summed E-state index contributed by atoms with van der Waals surface area (Å²) >= 11 is 3.45. The van der Waals surface area contributed by atoms with Gasteiger partial charge in [0, 0.05) is 11.5 Å². The van der Waals surface area contributed by atoms with Crippen LogP contribution in [0.25, 0.3) is 17.2 Å². The van der Waals surface area contributed by atoms with Gasteiger partial charge in [0.25, 0.3) is 5.56 Å². The predicted molar refractivity (Wildman–Crippen MR) is 144 cm³/mol. The lowest BCUT2D eigenvalue weighted by molar-refractivity contribution is 0.0935. The van der Waals surface area contributed by atoms with Gasteiger partial charge in [0.2, 0.25) is 5.95 Å². The van der Waals surface area contributed by atoms with Crippen LogP contribution in [0.4, 0.5) is 5.95 Å². The van der Waals surface area contributed by atoms with Crippen molar-refractivity contribution in [2.45, 2.75) is 19.6 Å². The lowest BCUT2D eigenvalue weighted by Gasteiger charge is -2.16. The van der Waals surface area contributed by atoms with Crippen molar-refractivity contribution in [3.63, 3.8) is 0 Å². The number of nitrogens with one attached hydrogen (secondary N) is 2. The molecule has 0 aliphatic heterocycles. The maximum absolute atomic E-state index is 12.7. The highest BCUT2D eigenvalue weighted by Crippen LogP contribution is 2.19. The van der Waals surface area contributed by atoms with Crippen molar-refractivity contribution in [2.24, 2.45) is 12.1 Å². The van der Waals surface area contributed by atoms with Crippen LogP contribution in [0.3, 0.4) is 0 Å². The Bertz CT molecular complexity index is 1540. The van der Waals surface area contributed by atoms with E-state index in [1.807, 2.05) is 67.6 Å². The number of aliphatic hydroxyl groups is 1. The number of anilines is 1. The molecule has 4 aromatic rings. The van der Waals surface area contributed by atoms with Crippen LogP contribution < -0.4 is 21.4 Å². The molecule has 0 aliphatic rings. The first kappa shape index (κ1) is 25.1. The largest absolute Gasteiger partial charge is 0.491 e. The van der Waals surface area contributed by atoms with Crippen molar-refractivity contribution in [3.05, 3.63) is 91.0 Å². The van der Waals surface area contributed by atoms with Crippen LogP contribution in [0.2, 0.25) is 0 Å². The van der Waals surface area contributed by atoms with Crippen LogP contribution in [0.5, 0.6) is 5.75 Å². The van der Waals surface area contributed by atoms with E-state index in [0.717, 1.165) is 11.1 Å². The number of aromatic amines is 1. The number of nitrogens with zero attached hydrogens (tertiary/aromatic N) is 4. The number of ether oxygens (including phenoxy) is 1. The Morgan fingerprint density at radius 1 is 1.22 bits per heavy atom. The highest BCUT2D eigenvalue weighted by molar-refractivity contribution is 9.12. The smallest absolute Gasteiger partial charge is 0.329 e. The van der Waals surface area contributed by atoms with E-state index in [1.54, 1.807) is 0 Å². The van der Waals surface area contributed by atoms with Crippen molar-refractivity contribution in [1.82, 2.24) is 19.1 Å². The maximum Gasteiger partial charge on any atom is 0.329 e. The van der Waals surface area contributed by atoms with Crippen LogP contribution in [0.1, 0.15) is 11.1 Å². The minimum Gasteiger partial charge on any atom is -0.491 e. The van der Waals surface area contributed by atoms with E-state index in [1.165, 1.54) is 22.4 Å². The molecule has 0 saturated carbocycles. The molecule has 186 valence electrons. The molecule has 0 fully saturated rings. The fourth-order valence-corrected chi connectivity index (χ4v) is 3.93. The van der Waals surface area contributed by atoms with Crippen molar-refractivity contribution in [2.75, 3.05) is 12.0 Å². The number of benzene rings is 2. The van der Waals surface area contributed by atoms with Crippen LogP contribution >= 0.6 is 15.9 Å². The molecule has 11 heteroatoms. The molecule has 2 heterocycles. The second-order valence-corrected chi connectivity index (χ2v) is 8.99. The Hall–Kier alpha value is -3.96. The SMILES string of the molecule is Cc1ccccc1OCC(O)Cn1c(N/N=C/C(Br)=C/c2ccccc2)nc2c1c(=O)[nH]c(=O)n2C. The lowest BCUT2D eigenvalue weighted by Crippen LogP contribution is -2.30. The summed E-state index contributed by atoms with van der Waals surface area (Å²) < 4.78 is 9.15. The molecule has 3 N–H and O–H groups in total. The highest BCUT2D eigenvalue weighted by Gasteiger charge is 2.20. The maximum atomic E-state index is 12.7. The summed E-state index contributed by atoms with van der Waals surface area (Å²) in [4.78, 5) is 31.4. The quantitative estimate of drug-likeness (QED) is 0.216. The summed E-state index contributed by atoms with van der Waals surface area (Å²) in [5.41, 5.74) is 3.82. The van der Waals surface area contributed by atoms with E-state index < -0.39 is 17.4 Å². The summed E-state index contributed by atoms with van der Waals surface area (Å²) in [6, 6.07) is 17.2. The second-order valence-electron chi connectivity index (χ2n) is 8.08. The normalized spacial score (nSPS) is 12.8. The third kappa shape index (κ3) is 5.81. The van der Waals surface area contributed by atoms with Gasteiger partial charge in [-0.3, -0.25) is 14.3 Å². The molecule has 0 radical (unpaired) electrons. The van der Waals surface area contributed by atoms with E-state index in [4.69, 9.17) is 4.74 Å². The lowest BCUT2D eigenvalue weighted by atomic mass is 10.2. The Balaban J connectivity index is 1.60. The minimum atomic E-state index is -0.979. The molecular weight excluding hydrogens is 528 g/mol. The first-order valence-corrected chi connectivity index (χ1v) is 11.9. The van der Waals surface area contributed by atoms with Crippen LogP contribution in [-0.4, -0.2) is 43.1 Å². The molecule has 0 bridgehead atoms. The van der Waals surface area contributed by atoms with Gasteiger partial charge in [-0.1, -0.05) is 48.5 Å². The van der Waals surface area contributed by atoms with Gasteiger partial charge in [-0.05, 0) is 46.1 Å². The molecule has 0 spiro atoms. The fraction of sp³-hybridized carbons (Fsp3) is 0.200. The number of aromatic nitrogens is 4. The number of hydrazone groups is 1. The van der Waals surface area contributed by atoms with E-state index in [0.29, 0.717) is 10.2 Å². The number of imidazole rings is 1. The second kappa shape index (κ2) is 11.2. The molecule has 0 saturated heterocycles. The molecule has 36 heavy (non-hydrogen) atoms. The van der Waals surface area contributed by atoms with Gasteiger partial charge in [0.1, 0.15) is 18.5 Å². The number of halogens is 1. The number of rotatable bonds is 9. The third-order valence-corrected chi connectivity index (χ3v) is 5.82. The number of aliphatic hydroxyl groups excluding tert-OH is 1. The topological polar surface area (TPSA) is 127 Å². The third-order valence-electron chi connectivity index (χ3n) is 5.38. The van der Waals surface area contributed by atoms with Gasteiger partial charge in [0.05, 0.1) is 12.8 Å². The molecule has 0 amide bonds. The van der Waals surface area contributed by atoms with E-state index in [-0.39, 0.29) is 30.3 Å². The number of aryl methyl sites for hydroxylation is 2. The Labute approximate surface area is 214 Å². The zero-order valence-electron chi connectivity index (χ0n) is 19.7. The number of hydrogen-bond donors (Lipinski definition) is 3. The Kier molecular flexibility index (Phi) is 7.81. The highest BCUT2D eigenvalue weighted by atomic mass is 79.9. The van der Waals surface area contributed by atoms with Crippen LogP contribution in [0.15, 0.2) is 73.8 Å². The van der Waals surface area contributed by atoms with Gasteiger partial charge in [0.15, 0.2) is 11.2 Å². The summed E-state index contributed by atoms with van der Waals surface area (Å²) in [5, 5.41) is 14.9. The zero-order chi connectivity index (χ0) is 25.7.